The minimum absolute atomic E-state index is 0.0921. The number of aromatic nitrogens is 1. The maximum absolute atomic E-state index is 12.2. The molecule has 4 nitrogen and oxygen atoms in total. The highest BCUT2D eigenvalue weighted by atomic mass is 16.2. The van der Waals surface area contributed by atoms with Gasteiger partial charge in [0.05, 0.1) is 0 Å². The molecule has 88 valence electrons. The molecule has 0 radical (unpaired) electrons. The molecule has 1 aliphatic heterocycles. The lowest BCUT2D eigenvalue weighted by Gasteiger charge is -2.34. The summed E-state index contributed by atoms with van der Waals surface area (Å²) in [5.41, 5.74) is 6.68. The first-order valence-corrected chi connectivity index (χ1v) is 5.74. The number of hydrogen-bond acceptors (Lipinski definition) is 2. The molecule has 2 unspecified atom stereocenters. The van der Waals surface area contributed by atoms with E-state index >= 15 is 0 Å². The van der Waals surface area contributed by atoms with Gasteiger partial charge in [0.25, 0.3) is 5.91 Å². The molecule has 1 aliphatic rings. The van der Waals surface area contributed by atoms with Gasteiger partial charge in [-0.3, -0.25) is 4.79 Å². The second kappa shape index (κ2) is 4.29. The van der Waals surface area contributed by atoms with Crippen molar-refractivity contribution in [2.24, 2.45) is 18.7 Å². The first kappa shape index (κ1) is 11.2. The largest absolute Gasteiger partial charge is 0.347 e. The first-order chi connectivity index (χ1) is 7.58. The third-order valence-electron chi connectivity index (χ3n) is 3.14. The molecule has 2 N–H and O–H groups in total. The van der Waals surface area contributed by atoms with E-state index in [9.17, 15) is 4.79 Å². The van der Waals surface area contributed by atoms with E-state index in [0.29, 0.717) is 12.5 Å². The number of nitrogens with two attached hydrogens (primary N) is 1. The van der Waals surface area contributed by atoms with Gasteiger partial charge >= 0.3 is 0 Å². The van der Waals surface area contributed by atoms with Crippen LogP contribution in [-0.4, -0.2) is 34.5 Å². The number of likely N-dealkylation sites (tertiary alicyclic amines) is 1. The highest BCUT2D eigenvalue weighted by Crippen LogP contribution is 2.17. The summed E-state index contributed by atoms with van der Waals surface area (Å²) in [5.74, 6) is 0.586. The molecular formula is C12H19N3O. The average Bonchev–Trinajstić information content (AvgIpc) is 2.62. The number of carbonyl (C=O) groups is 1. The molecule has 0 aliphatic carbocycles. The molecule has 2 atom stereocenters. The lowest BCUT2D eigenvalue weighted by Crippen LogP contribution is -2.49. The summed E-state index contributed by atoms with van der Waals surface area (Å²) in [6, 6.07) is 3.86. The average molecular weight is 221 g/mol. The van der Waals surface area contributed by atoms with Crippen molar-refractivity contribution in [2.75, 3.05) is 13.1 Å². The van der Waals surface area contributed by atoms with Crippen molar-refractivity contribution in [1.82, 2.24) is 9.47 Å². The maximum Gasteiger partial charge on any atom is 0.270 e. The summed E-state index contributed by atoms with van der Waals surface area (Å²) < 4.78 is 1.85. The van der Waals surface area contributed by atoms with Crippen molar-refractivity contribution in [2.45, 2.75) is 19.4 Å². The van der Waals surface area contributed by atoms with Gasteiger partial charge in [0, 0.05) is 32.4 Å². The maximum atomic E-state index is 12.2. The van der Waals surface area contributed by atoms with E-state index in [1.54, 1.807) is 0 Å². The molecule has 0 bridgehead atoms. The van der Waals surface area contributed by atoms with E-state index in [4.69, 9.17) is 5.73 Å². The number of aryl methyl sites for hydroxylation is 1. The van der Waals surface area contributed by atoms with Crippen LogP contribution in [0.2, 0.25) is 0 Å². The Kier molecular flexibility index (Phi) is 3.01. The molecule has 2 rings (SSSR count). The molecule has 1 fully saturated rings. The van der Waals surface area contributed by atoms with Crippen LogP contribution < -0.4 is 5.73 Å². The minimum Gasteiger partial charge on any atom is -0.347 e. The van der Waals surface area contributed by atoms with Crippen LogP contribution >= 0.6 is 0 Å². The molecule has 16 heavy (non-hydrogen) atoms. The fourth-order valence-electron chi connectivity index (χ4n) is 2.41. The molecule has 0 spiro atoms. The van der Waals surface area contributed by atoms with Gasteiger partial charge in [-0.25, -0.2) is 0 Å². The number of hydrogen-bond donors (Lipinski definition) is 1. The van der Waals surface area contributed by atoms with Crippen LogP contribution in [0.3, 0.4) is 0 Å². The van der Waals surface area contributed by atoms with Gasteiger partial charge in [-0.1, -0.05) is 6.92 Å². The second-order valence-electron chi connectivity index (χ2n) is 4.82. The number of amides is 1. The molecule has 2 heterocycles. The van der Waals surface area contributed by atoms with E-state index < -0.39 is 0 Å². The van der Waals surface area contributed by atoms with Crippen molar-refractivity contribution in [3.8, 4) is 0 Å². The summed E-state index contributed by atoms with van der Waals surface area (Å²) in [7, 11) is 1.89. The lowest BCUT2D eigenvalue weighted by atomic mass is 9.96. The van der Waals surface area contributed by atoms with Crippen molar-refractivity contribution >= 4 is 5.91 Å². The van der Waals surface area contributed by atoms with E-state index in [2.05, 4.69) is 6.92 Å². The van der Waals surface area contributed by atoms with E-state index in [-0.39, 0.29) is 11.9 Å². The SMILES string of the molecule is CC1CC(N)CN(C(=O)c2cccn2C)C1. The van der Waals surface area contributed by atoms with Crippen molar-refractivity contribution in [1.29, 1.82) is 0 Å². The smallest absolute Gasteiger partial charge is 0.270 e. The van der Waals surface area contributed by atoms with E-state index in [1.807, 2.05) is 34.8 Å². The zero-order valence-corrected chi connectivity index (χ0v) is 9.89. The number of nitrogens with zero attached hydrogens (tertiary/aromatic N) is 2. The van der Waals surface area contributed by atoms with Gasteiger partial charge in [0.15, 0.2) is 0 Å². The summed E-state index contributed by atoms with van der Waals surface area (Å²) in [6.45, 7) is 3.64. The Morgan fingerprint density at radius 2 is 2.25 bits per heavy atom. The van der Waals surface area contributed by atoms with Crippen molar-refractivity contribution in [3.05, 3.63) is 24.0 Å². The monoisotopic (exact) mass is 221 g/mol. The quantitative estimate of drug-likeness (QED) is 0.764. The van der Waals surface area contributed by atoms with Gasteiger partial charge in [-0.05, 0) is 24.5 Å². The van der Waals surface area contributed by atoms with Crippen LogP contribution in [0.25, 0.3) is 0 Å². The first-order valence-electron chi connectivity index (χ1n) is 5.74. The van der Waals surface area contributed by atoms with Crippen LogP contribution in [0, 0.1) is 5.92 Å². The zero-order valence-electron chi connectivity index (χ0n) is 9.89. The summed E-state index contributed by atoms with van der Waals surface area (Å²) in [6.07, 6.45) is 2.90. The standard InChI is InChI=1S/C12H19N3O/c1-9-6-10(13)8-15(7-9)12(16)11-4-3-5-14(11)2/h3-5,9-10H,6-8,13H2,1-2H3. The Morgan fingerprint density at radius 3 is 2.81 bits per heavy atom. The highest BCUT2D eigenvalue weighted by Gasteiger charge is 2.27. The second-order valence-corrected chi connectivity index (χ2v) is 4.82. The predicted molar refractivity (Wildman–Crippen MR) is 63.1 cm³/mol. The molecule has 0 aromatic carbocycles. The lowest BCUT2D eigenvalue weighted by molar-refractivity contribution is 0.0651. The number of carbonyl (C=O) groups excluding carboxylic acids is 1. The number of rotatable bonds is 1. The van der Waals surface area contributed by atoms with E-state index in [1.165, 1.54) is 0 Å². The summed E-state index contributed by atoms with van der Waals surface area (Å²) in [4.78, 5) is 14.1. The van der Waals surface area contributed by atoms with Gasteiger partial charge in [-0.2, -0.15) is 0 Å². The van der Waals surface area contributed by atoms with Gasteiger partial charge < -0.3 is 15.2 Å². The summed E-state index contributed by atoms with van der Waals surface area (Å²) in [5, 5.41) is 0. The fraction of sp³-hybridized carbons (Fsp3) is 0.583. The fourth-order valence-corrected chi connectivity index (χ4v) is 2.41. The Bertz CT molecular complexity index is 375. The van der Waals surface area contributed by atoms with Crippen LogP contribution in [0.5, 0.6) is 0 Å². The minimum atomic E-state index is 0.0921. The molecule has 1 aromatic rings. The Hall–Kier alpha value is -1.29. The van der Waals surface area contributed by atoms with Crippen LogP contribution in [-0.2, 0) is 7.05 Å². The van der Waals surface area contributed by atoms with Crippen molar-refractivity contribution in [3.63, 3.8) is 0 Å². The third-order valence-corrected chi connectivity index (χ3v) is 3.14. The molecule has 0 saturated carbocycles. The third kappa shape index (κ3) is 2.11. The van der Waals surface area contributed by atoms with Gasteiger partial charge in [0.1, 0.15) is 5.69 Å². The molecule has 1 amide bonds. The molecule has 1 aromatic heterocycles. The van der Waals surface area contributed by atoms with Gasteiger partial charge in [-0.15, -0.1) is 0 Å². The predicted octanol–water partition coefficient (Wildman–Crippen LogP) is 0.834. The van der Waals surface area contributed by atoms with Crippen molar-refractivity contribution < 1.29 is 4.79 Å². The summed E-state index contributed by atoms with van der Waals surface area (Å²) >= 11 is 0. The zero-order chi connectivity index (χ0) is 11.7. The number of piperidine rings is 1. The Morgan fingerprint density at radius 1 is 1.50 bits per heavy atom. The van der Waals surface area contributed by atoms with E-state index in [0.717, 1.165) is 18.7 Å². The molecular weight excluding hydrogens is 202 g/mol. The van der Waals surface area contributed by atoms with Crippen LogP contribution in [0.1, 0.15) is 23.8 Å². The van der Waals surface area contributed by atoms with Crippen LogP contribution in [0.15, 0.2) is 18.3 Å². The molecule has 4 heteroatoms. The highest BCUT2D eigenvalue weighted by molar-refractivity contribution is 5.92. The van der Waals surface area contributed by atoms with Gasteiger partial charge in [0.2, 0.25) is 0 Å². The molecule has 1 saturated heterocycles. The van der Waals surface area contributed by atoms with Crippen LogP contribution in [0.4, 0.5) is 0 Å². The Balaban J connectivity index is 2.13. The Labute approximate surface area is 96.0 Å². The normalized spacial score (nSPS) is 25.8. The topological polar surface area (TPSA) is 51.3 Å².